The first-order valence-corrected chi connectivity index (χ1v) is 7.14. The van der Waals surface area contributed by atoms with Gasteiger partial charge in [-0.2, -0.15) is 13.2 Å². The molecule has 0 heterocycles. The van der Waals surface area contributed by atoms with Gasteiger partial charge >= 0.3 is 6.18 Å². The summed E-state index contributed by atoms with van der Waals surface area (Å²) >= 11 is 0. The molecule has 0 saturated carbocycles. The van der Waals surface area contributed by atoms with E-state index < -0.39 is 29.2 Å². The van der Waals surface area contributed by atoms with Gasteiger partial charge in [-0.1, -0.05) is 12.1 Å². The fourth-order valence-electron chi connectivity index (χ4n) is 2.25. The number of allylic oxidation sites excluding steroid dienone is 1. The zero-order chi connectivity index (χ0) is 17.9. The number of alkyl halides is 3. The highest BCUT2D eigenvalue weighted by molar-refractivity contribution is 5.52. The van der Waals surface area contributed by atoms with Gasteiger partial charge in [0.1, 0.15) is 17.5 Å². The molecule has 0 radical (unpaired) electrons. The van der Waals surface area contributed by atoms with Crippen LogP contribution in [0.4, 0.5) is 26.3 Å². The number of halogens is 6. The summed E-state index contributed by atoms with van der Waals surface area (Å²) < 4.78 is 77.6. The summed E-state index contributed by atoms with van der Waals surface area (Å²) in [4.78, 5) is 0. The lowest BCUT2D eigenvalue weighted by Crippen LogP contribution is -2.02. The Hall–Kier alpha value is -2.24. The van der Waals surface area contributed by atoms with Crippen LogP contribution in [0.1, 0.15) is 22.3 Å². The number of aryl methyl sites for hydroxylation is 3. The molecule has 24 heavy (non-hydrogen) atoms. The molecule has 0 bridgehead atoms. The molecule has 0 atom stereocenters. The Morgan fingerprint density at radius 3 is 2.04 bits per heavy atom. The Kier molecular flexibility index (Phi) is 5.36. The van der Waals surface area contributed by atoms with E-state index in [-0.39, 0.29) is 24.5 Å². The molecule has 0 aliphatic carbocycles. The van der Waals surface area contributed by atoms with E-state index in [0.717, 1.165) is 17.7 Å². The topological polar surface area (TPSA) is 0 Å². The van der Waals surface area contributed by atoms with Gasteiger partial charge in [0, 0.05) is 11.6 Å². The second-order valence-corrected chi connectivity index (χ2v) is 5.44. The monoisotopic (exact) mass is 344 g/mol. The first kappa shape index (κ1) is 18.1. The standard InChI is InChI=1S/C18H14F6/c1-11-2-4-13(15(19)8-11)5-3-12-9-16(20)14(17(21)10-12)6-7-18(22,23)24/h2,4,6-10H,3,5H2,1H3. The number of hydrogen-bond donors (Lipinski definition) is 0. The minimum Gasteiger partial charge on any atom is -0.207 e. The van der Waals surface area contributed by atoms with Gasteiger partial charge in [-0.05, 0) is 60.7 Å². The molecule has 0 amide bonds. The van der Waals surface area contributed by atoms with Crippen molar-refractivity contribution in [3.63, 3.8) is 0 Å². The molecule has 0 nitrogen and oxygen atoms in total. The second-order valence-electron chi connectivity index (χ2n) is 5.44. The van der Waals surface area contributed by atoms with Crippen LogP contribution in [0.5, 0.6) is 0 Å². The maximum atomic E-state index is 13.8. The van der Waals surface area contributed by atoms with Crippen molar-refractivity contribution in [1.29, 1.82) is 0 Å². The Morgan fingerprint density at radius 1 is 0.875 bits per heavy atom. The van der Waals surface area contributed by atoms with Crippen molar-refractivity contribution in [2.24, 2.45) is 0 Å². The predicted molar refractivity (Wildman–Crippen MR) is 80.0 cm³/mol. The van der Waals surface area contributed by atoms with Crippen LogP contribution in [-0.2, 0) is 12.8 Å². The van der Waals surface area contributed by atoms with Gasteiger partial charge in [0.2, 0.25) is 0 Å². The van der Waals surface area contributed by atoms with Crippen molar-refractivity contribution < 1.29 is 26.3 Å². The molecule has 0 unspecified atom stereocenters. The summed E-state index contributed by atoms with van der Waals surface area (Å²) in [6, 6.07) is 6.61. The molecule has 0 saturated heterocycles. The normalized spacial score (nSPS) is 12.1. The SMILES string of the molecule is Cc1ccc(CCc2cc(F)c(C=CC(F)(F)F)c(F)c2)c(F)c1. The van der Waals surface area contributed by atoms with Gasteiger partial charge in [0.15, 0.2) is 0 Å². The highest BCUT2D eigenvalue weighted by Gasteiger charge is 2.22. The van der Waals surface area contributed by atoms with E-state index in [1.165, 1.54) is 6.07 Å². The van der Waals surface area contributed by atoms with Crippen LogP contribution in [0, 0.1) is 24.4 Å². The van der Waals surface area contributed by atoms with Crippen LogP contribution in [0.2, 0.25) is 0 Å². The average Bonchev–Trinajstić information content (AvgIpc) is 2.44. The van der Waals surface area contributed by atoms with Crippen molar-refractivity contribution in [2.75, 3.05) is 0 Å². The fraction of sp³-hybridized carbons (Fsp3) is 0.222. The summed E-state index contributed by atoms with van der Waals surface area (Å²) in [6.45, 7) is 1.74. The van der Waals surface area contributed by atoms with Crippen LogP contribution in [-0.4, -0.2) is 6.18 Å². The van der Waals surface area contributed by atoms with Gasteiger partial charge in [-0.3, -0.25) is 0 Å². The third kappa shape index (κ3) is 4.88. The van der Waals surface area contributed by atoms with Crippen molar-refractivity contribution in [3.05, 3.63) is 76.1 Å². The van der Waals surface area contributed by atoms with E-state index in [2.05, 4.69) is 0 Å². The largest absolute Gasteiger partial charge is 0.409 e. The van der Waals surface area contributed by atoms with E-state index in [9.17, 15) is 26.3 Å². The summed E-state index contributed by atoms with van der Waals surface area (Å²) in [7, 11) is 0. The lowest BCUT2D eigenvalue weighted by molar-refractivity contribution is -0.0790. The van der Waals surface area contributed by atoms with Crippen molar-refractivity contribution in [1.82, 2.24) is 0 Å². The van der Waals surface area contributed by atoms with Gasteiger partial charge in [-0.25, -0.2) is 13.2 Å². The molecule has 128 valence electrons. The first-order chi connectivity index (χ1) is 11.2. The van der Waals surface area contributed by atoms with Crippen molar-refractivity contribution in [2.45, 2.75) is 25.9 Å². The van der Waals surface area contributed by atoms with E-state index >= 15 is 0 Å². The van der Waals surface area contributed by atoms with E-state index in [4.69, 9.17) is 0 Å². The van der Waals surface area contributed by atoms with Gasteiger partial charge in [0.25, 0.3) is 0 Å². The number of hydrogen-bond acceptors (Lipinski definition) is 0. The van der Waals surface area contributed by atoms with Crippen molar-refractivity contribution >= 4 is 6.08 Å². The van der Waals surface area contributed by atoms with Crippen LogP contribution >= 0.6 is 0 Å². The van der Waals surface area contributed by atoms with Gasteiger partial charge < -0.3 is 0 Å². The highest BCUT2D eigenvalue weighted by atomic mass is 19.4. The summed E-state index contributed by atoms with van der Waals surface area (Å²) in [6.07, 6.45) is -4.13. The summed E-state index contributed by atoms with van der Waals surface area (Å²) in [5.41, 5.74) is 0.656. The smallest absolute Gasteiger partial charge is 0.207 e. The molecule has 0 fully saturated rings. The van der Waals surface area contributed by atoms with Crippen molar-refractivity contribution in [3.8, 4) is 0 Å². The molecule has 0 aromatic heterocycles. The van der Waals surface area contributed by atoms with Crippen LogP contribution < -0.4 is 0 Å². The zero-order valence-corrected chi connectivity index (χ0v) is 12.7. The van der Waals surface area contributed by atoms with Gasteiger partial charge in [0.05, 0.1) is 0 Å². The summed E-state index contributed by atoms with van der Waals surface area (Å²) in [5.74, 6) is -2.58. The van der Waals surface area contributed by atoms with Crippen LogP contribution in [0.25, 0.3) is 6.08 Å². The fourth-order valence-corrected chi connectivity index (χ4v) is 2.25. The van der Waals surface area contributed by atoms with E-state index in [0.29, 0.717) is 11.6 Å². The maximum Gasteiger partial charge on any atom is 0.409 e. The molecule has 6 heteroatoms. The molecule has 0 spiro atoms. The number of rotatable bonds is 4. The summed E-state index contributed by atoms with van der Waals surface area (Å²) in [5, 5.41) is 0. The molecule has 2 rings (SSSR count). The zero-order valence-electron chi connectivity index (χ0n) is 12.7. The first-order valence-electron chi connectivity index (χ1n) is 7.14. The van der Waals surface area contributed by atoms with E-state index in [1.807, 2.05) is 0 Å². The Labute approximate surface area is 135 Å². The third-order valence-corrected chi connectivity index (χ3v) is 3.47. The predicted octanol–water partition coefficient (Wildman–Crippen LogP) is 5.77. The molecule has 0 aliphatic heterocycles. The minimum atomic E-state index is -4.65. The second kappa shape index (κ2) is 7.11. The molecule has 0 N–H and O–H groups in total. The van der Waals surface area contributed by atoms with Crippen LogP contribution in [0.3, 0.4) is 0 Å². The molecule has 2 aromatic carbocycles. The average molecular weight is 344 g/mol. The number of benzene rings is 2. The molecule has 2 aromatic rings. The molecular weight excluding hydrogens is 330 g/mol. The highest BCUT2D eigenvalue weighted by Crippen LogP contribution is 2.23. The Balaban J connectivity index is 2.16. The molecule has 0 aliphatic rings. The quantitative estimate of drug-likeness (QED) is 0.618. The lowest BCUT2D eigenvalue weighted by atomic mass is 10.0. The Bertz CT molecular complexity index is 736. The Morgan fingerprint density at radius 2 is 1.50 bits per heavy atom. The minimum absolute atomic E-state index is 0.164. The van der Waals surface area contributed by atoms with Gasteiger partial charge in [-0.15, -0.1) is 0 Å². The van der Waals surface area contributed by atoms with E-state index in [1.54, 1.807) is 19.1 Å². The maximum absolute atomic E-state index is 13.8. The lowest BCUT2D eigenvalue weighted by Gasteiger charge is -2.07. The third-order valence-electron chi connectivity index (χ3n) is 3.47. The van der Waals surface area contributed by atoms with Crippen LogP contribution in [0.15, 0.2) is 36.4 Å². The molecular formula is C18H14F6.